The third-order valence-electron chi connectivity index (χ3n) is 3.95. The van der Waals surface area contributed by atoms with Gasteiger partial charge in [0, 0.05) is 23.2 Å². The summed E-state index contributed by atoms with van der Waals surface area (Å²) in [6.45, 7) is 0. The maximum absolute atomic E-state index is 6.15. The molecule has 2 N–H and O–H groups in total. The summed E-state index contributed by atoms with van der Waals surface area (Å²) in [6.07, 6.45) is 3.25. The van der Waals surface area contributed by atoms with Crippen LogP contribution in [0, 0.1) is 0 Å². The molecule has 0 aliphatic heterocycles. The molecular formula is C17H16ClN3. The number of hydrogen-bond acceptors (Lipinski definition) is 2. The second-order valence-corrected chi connectivity index (χ2v) is 6.12. The molecule has 4 heteroatoms. The van der Waals surface area contributed by atoms with Gasteiger partial charge in [0.15, 0.2) is 0 Å². The number of hydrogen-bond donors (Lipinski definition) is 1. The molecule has 21 heavy (non-hydrogen) atoms. The Bertz CT molecular complexity index is 818. The van der Waals surface area contributed by atoms with Gasteiger partial charge < -0.3 is 10.3 Å². The van der Waals surface area contributed by atoms with Crippen molar-refractivity contribution in [2.24, 2.45) is 0 Å². The van der Waals surface area contributed by atoms with Gasteiger partial charge in [0.05, 0.1) is 11.0 Å². The lowest BCUT2D eigenvalue weighted by molar-refractivity contribution is 0.716. The number of halogens is 1. The van der Waals surface area contributed by atoms with Gasteiger partial charge in [-0.05, 0) is 48.7 Å². The largest absolute Gasteiger partial charge is 0.399 e. The summed E-state index contributed by atoms with van der Waals surface area (Å²) < 4.78 is 2.35. The number of rotatable bonds is 3. The van der Waals surface area contributed by atoms with Crippen LogP contribution in [-0.4, -0.2) is 9.55 Å². The second-order valence-electron chi connectivity index (χ2n) is 5.68. The molecule has 1 aliphatic carbocycles. The van der Waals surface area contributed by atoms with Crippen molar-refractivity contribution in [1.82, 2.24) is 9.55 Å². The molecule has 1 fully saturated rings. The lowest BCUT2D eigenvalue weighted by atomic mass is 10.1. The summed E-state index contributed by atoms with van der Waals surface area (Å²) in [6, 6.07) is 14.5. The van der Waals surface area contributed by atoms with Gasteiger partial charge in [0.2, 0.25) is 0 Å². The van der Waals surface area contributed by atoms with Gasteiger partial charge in [-0.3, -0.25) is 0 Å². The van der Waals surface area contributed by atoms with E-state index in [9.17, 15) is 0 Å². The van der Waals surface area contributed by atoms with Crippen LogP contribution in [0.2, 0.25) is 5.02 Å². The summed E-state index contributed by atoms with van der Waals surface area (Å²) in [7, 11) is 0. The molecule has 2 aromatic carbocycles. The average Bonchev–Trinajstić information content (AvgIpc) is 3.21. The van der Waals surface area contributed by atoms with E-state index in [1.54, 1.807) is 0 Å². The molecule has 0 spiro atoms. The molecule has 1 aromatic heterocycles. The highest BCUT2D eigenvalue weighted by molar-refractivity contribution is 6.31. The van der Waals surface area contributed by atoms with Gasteiger partial charge >= 0.3 is 0 Å². The van der Waals surface area contributed by atoms with Crippen LogP contribution in [0.15, 0.2) is 42.5 Å². The monoisotopic (exact) mass is 297 g/mol. The van der Waals surface area contributed by atoms with Gasteiger partial charge in [-0.25, -0.2) is 4.98 Å². The minimum absolute atomic E-state index is 0.574. The van der Waals surface area contributed by atoms with Gasteiger partial charge in [0.1, 0.15) is 5.82 Å². The fourth-order valence-electron chi connectivity index (χ4n) is 2.87. The zero-order valence-corrected chi connectivity index (χ0v) is 12.3. The zero-order chi connectivity index (χ0) is 14.4. The lowest BCUT2D eigenvalue weighted by Gasteiger charge is -2.08. The average molecular weight is 298 g/mol. The molecule has 0 atom stereocenters. The van der Waals surface area contributed by atoms with E-state index in [-0.39, 0.29) is 0 Å². The maximum atomic E-state index is 6.15. The Kier molecular flexibility index (Phi) is 2.89. The van der Waals surface area contributed by atoms with E-state index in [4.69, 9.17) is 22.3 Å². The quantitative estimate of drug-likeness (QED) is 0.736. The molecule has 1 saturated carbocycles. The Morgan fingerprint density at radius 3 is 2.81 bits per heavy atom. The third-order valence-corrected chi connectivity index (χ3v) is 4.18. The minimum Gasteiger partial charge on any atom is -0.399 e. The molecule has 4 rings (SSSR count). The number of aromatic nitrogens is 2. The second kappa shape index (κ2) is 4.78. The van der Waals surface area contributed by atoms with Crippen LogP contribution in [0.1, 0.15) is 30.3 Å². The van der Waals surface area contributed by atoms with E-state index in [2.05, 4.69) is 10.6 Å². The summed E-state index contributed by atoms with van der Waals surface area (Å²) in [4.78, 5) is 4.80. The molecule has 0 unspecified atom stereocenters. The molecule has 1 aliphatic rings. The Labute approximate surface area is 128 Å². The van der Waals surface area contributed by atoms with Crippen molar-refractivity contribution in [3.63, 3.8) is 0 Å². The highest BCUT2D eigenvalue weighted by atomic mass is 35.5. The first-order valence-corrected chi connectivity index (χ1v) is 7.59. The molecule has 0 saturated heterocycles. The first kappa shape index (κ1) is 12.7. The number of benzene rings is 2. The van der Waals surface area contributed by atoms with Crippen LogP contribution < -0.4 is 5.73 Å². The fourth-order valence-corrected chi connectivity index (χ4v) is 3.03. The lowest BCUT2D eigenvalue weighted by Crippen LogP contribution is -2.03. The highest BCUT2D eigenvalue weighted by Crippen LogP contribution is 2.39. The minimum atomic E-state index is 0.574. The summed E-state index contributed by atoms with van der Waals surface area (Å²) in [5.74, 6) is 1.10. The normalized spacial score (nSPS) is 14.7. The molecule has 0 amide bonds. The molecule has 0 bridgehead atoms. The fraction of sp³-hybridized carbons (Fsp3) is 0.235. The summed E-state index contributed by atoms with van der Waals surface area (Å²) >= 11 is 6.15. The van der Waals surface area contributed by atoms with E-state index in [1.165, 1.54) is 18.4 Å². The standard InChI is InChI=1S/C17H16ClN3/c18-12-4-7-15-16(10-12)21(14-5-6-14)17(20-15)9-11-2-1-3-13(19)8-11/h1-4,7-8,10,14H,5-6,9,19H2. The molecule has 106 valence electrons. The van der Waals surface area contributed by atoms with E-state index in [1.807, 2.05) is 36.4 Å². The Morgan fingerprint density at radius 2 is 2.05 bits per heavy atom. The number of imidazole rings is 1. The van der Waals surface area contributed by atoms with Crippen LogP contribution in [0.4, 0.5) is 5.69 Å². The Balaban J connectivity index is 1.82. The third kappa shape index (κ3) is 2.38. The first-order chi connectivity index (χ1) is 10.2. The molecule has 3 nitrogen and oxygen atoms in total. The smallest absolute Gasteiger partial charge is 0.114 e. The van der Waals surface area contributed by atoms with Crippen molar-refractivity contribution < 1.29 is 0 Å². The number of anilines is 1. The SMILES string of the molecule is Nc1cccc(Cc2nc3ccc(Cl)cc3n2C2CC2)c1. The van der Waals surface area contributed by atoms with Gasteiger partial charge in [-0.1, -0.05) is 23.7 Å². The molecule has 0 radical (unpaired) electrons. The molecule has 1 heterocycles. The molecule has 3 aromatic rings. The van der Waals surface area contributed by atoms with Gasteiger partial charge in [-0.2, -0.15) is 0 Å². The Morgan fingerprint density at radius 1 is 1.19 bits per heavy atom. The first-order valence-electron chi connectivity index (χ1n) is 7.21. The van der Waals surface area contributed by atoms with Crippen LogP contribution in [-0.2, 0) is 6.42 Å². The van der Waals surface area contributed by atoms with Crippen LogP contribution in [0.3, 0.4) is 0 Å². The number of fused-ring (bicyclic) bond motifs is 1. The van der Waals surface area contributed by atoms with Crippen molar-refractivity contribution in [2.45, 2.75) is 25.3 Å². The van der Waals surface area contributed by atoms with Crippen molar-refractivity contribution >= 4 is 28.3 Å². The number of nitrogens with two attached hydrogens (primary N) is 1. The van der Waals surface area contributed by atoms with Gasteiger partial charge in [-0.15, -0.1) is 0 Å². The van der Waals surface area contributed by atoms with Crippen molar-refractivity contribution in [2.75, 3.05) is 5.73 Å². The van der Waals surface area contributed by atoms with E-state index in [0.29, 0.717) is 6.04 Å². The predicted octanol–water partition coefficient (Wildman–Crippen LogP) is 4.20. The summed E-state index contributed by atoms with van der Waals surface area (Å²) in [5, 5.41) is 0.764. The predicted molar refractivity (Wildman–Crippen MR) is 86.7 cm³/mol. The van der Waals surface area contributed by atoms with E-state index < -0.39 is 0 Å². The molecular weight excluding hydrogens is 282 g/mol. The highest BCUT2D eigenvalue weighted by Gasteiger charge is 2.28. The van der Waals surface area contributed by atoms with Crippen molar-refractivity contribution in [3.05, 3.63) is 58.9 Å². The number of nitrogen functional groups attached to an aromatic ring is 1. The van der Waals surface area contributed by atoms with E-state index >= 15 is 0 Å². The Hall–Kier alpha value is -2.00. The van der Waals surface area contributed by atoms with Gasteiger partial charge in [0.25, 0.3) is 0 Å². The van der Waals surface area contributed by atoms with Crippen LogP contribution >= 0.6 is 11.6 Å². The van der Waals surface area contributed by atoms with Crippen molar-refractivity contribution in [3.8, 4) is 0 Å². The van der Waals surface area contributed by atoms with Crippen LogP contribution in [0.25, 0.3) is 11.0 Å². The topological polar surface area (TPSA) is 43.8 Å². The van der Waals surface area contributed by atoms with Crippen molar-refractivity contribution in [1.29, 1.82) is 0 Å². The zero-order valence-electron chi connectivity index (χ0n) is 11.6. The van der Waals surface area contributed by atoms with Crippen LogP contribution in [0.5, 0.6) is 0 Å². The van der Waals surface area contributed by atoms with E-state index in [0.717, 1.165) is 34.0 Å². The summed E-state index contributed by atoms with van der Waals surface area (Å²) in [5.41, 5.74) is 10.0. The number of nitrogens with zero attached hydrogens (tertiary/aromatic N) is 2. The maximum Gasteiger partial charge on any atom is 0.114 e.